The molecule has 1 saturated carbocycles. The second kappa shape index (κ2) is 4.88. The molecule has 0 radical (unpaired) electrons. The number of carbonyl (C=O) groups is 1. The molecule has 1 saturated heterocycles. The van der Waals surface area contributed by atoms with Crippen LogP contribution in [-0.2, 0) is 0 Å². The first-order valence-electron chi connectivity index (χ1n) is 6.60. The van der Waals surface area contributed by atoms with Crippen LogP contribution in [0.1, 0.15) is 29.6 Å². The van der Waals surface area contributed by atoms with Crippen LogP contribution in [-0.4, -0.2) is 23.9 Å². The Morgan fingerprint density at radius 3 is 2.47 bits per heavy atom. The minimum absolute atomic E-state index is 0.0476. The van der Waals surface area contributed by atoms with Crippen LogP contribution in [0.4, 0.5) is 5.69 Å². The van der Waals surface area contributed by atoms with Gasteiger partial charge in [-0.25, -0.2) is 0 Å². The van der Waals surface area contributed by atoms with Crippen LogP contribution >= 0.6 is 23.2 Å². The first-order valence-corrected chi connectivity index (χ1v) is 7.35. The number of carbonyl (C=O) groups excluding carboxylic acids is 1. The average Bonchev–Trinajstić information content (AvgIpc) is 2.93. The van der Waals surface area contributed by atoms with E-state index in [0.717, 1.165) is 13.1 Å². The molecule has 1 aliphatic carbocycles. The van der Waals surface area contributed by atoms with Crippen molar-refractivity contribution in [3.63, 3.8) is 0 Å². The van der Waals surface area contributed by atoms with Crippen LogP contribution in [0.5, 0.6) is 0 Å². The Balaban J connectivity index is 1.85. The highest BCUT2D eigenvalue weighted by molar-refractivity contribution is 6.44. The molecule has 2 unspecified atom stereocenters. The molecule has 19 heavy (non-hydrogen) atoms. The summed E-state index contributed by atoms with van der Waals surface area (Å²) in [6.45, 7) is 1.68. The number of likely N-dealkylation sites (tertiary alicyclic amines) is 1. The highest BCUT2D eigenvalue weighted by atomic mass is 35.5. The Hall–Kier alpha value is -0.930. The number of rotatable bonds is 1. The van der Waals surface area contributed by atoms with Crippen LogP contribution in [0, 0.1) is 11.8 Å². The van der Waals surface area contributed by atoms with Crippen molar-refractivity contribution in [3.8, 4) is 0 Å². The third-order valence-electron chi connectivity index (χ3n) is 4.29. The predicted octanol–water partition coefficient (Wildman–Crippen LogP) is 3.45. The fourth-order valence-corrected chi connectivity index (χ4v) is 3.75. The number of benzene rings is 1. The average molecular weight is 299 g/mol. The Kier molecular flexibility index (Phi) is 3.35. The molecule has 1 aromatic rings. The van der Waals surface area contributed by atoms with Crippen LogP contribution in [0.15, 0.2) is 12.1 Å². The summed E-state index contributed by atoms with van der Waals surface area (Å²) in [4.78, 5) is 14.4. The minimum Gasteiger partial charge on any atom is -0.399 e. The Bertz CT molecular complexity index is 520. The lowest BCUT2D eigenvalue weighted by Gasteiger charge is -2.18. The number of halogens is 2. The zero-order chi connectivity index (χ0) is 13.6. The maximum absolute atomic E-state index is 12.5. The SMILES string of the molecule is Nc1cc(Cl)c(Cl)c(C(=O)N2CC3CCCC3C2)c1. The topological polar surface area (TPSA) is 46.3 Å². The highest BCUT2D eigenvalue weighted by Crippen LogP contribution is 2.39. The van der Waals surface area contributed by atoms with Gasteiger partial charge in [-0.1, -0.05) is 29.6 Å². The molecule has 2 fully saturated rings. The Labute approximate surface area is 122 Å². The van der Waals surface area contributed by atoms with Gasteiger partial charge in [-0.05, 0) is 36.8 Å². The van der Waals surface area contributed by atoms with Gasteiger partial charge in [0.1, 0.15) is 0 Å². The van der Waals surface area contributed by atoms with Crippen LogP contribution in [0.25, 0.3) is 0 Å². The van der Waals surface area contributed by atoms with Crippen molar-refractivity contribution in [3.05, 3.63) is 27.7 Å². The third-order valence-corrected chi connectivity index (χ3v) is 5.10. The van der Waals surface area contributed by atoms with E-state index in [1.54, 1.807) is 12.1 Å². The monoisotopic (exact) mass is 298 g/mol. The molecule has 1 amide bonds. The maximum Gasteiger partial charge on any atom is 0.255 e. The summed E-state index contributed by atoms with van der Waals surface area (Å²) in [6.07, 6.45) is 3.77. The standard InChI is InChI=1S/C14H16Cl2N2O/c15-12-5-10(17)4-11(13(12)16)14(19)18-6-8-2-1-3-9(8)7-18/h4-5,8-9H,1-3,6-7,17H2. The van der Waals surface area contributed by atoms with E-state index >= 15 is 0 Å². The molecule has 0 bridgehead atoms. The van der Waals surface area contributed by atoms with Gasteiger partial charge in [-0.3, -0.25) is 4.79 Å². The van der Waals surface area contributed by atoms with E-state index in [0.29, 0.717) is 33.1 Å². The van der Waals surface area contributed by atoms with Crippen molar-refractivity contribution in [2.45, 2.75) is 19.3 Å². The van der Waals surface area contributed by atoms with E-state index in [2.05, 4.69) is 0 Å². The van der Waals surface area contributed by atoms with Gasteiger partial charge in [0.15, 0.2) is 0 Å². The van der Waals surface area contributed by atoms with E-state index in [-0.39, 0.29) is 5.91 Å². The van der Waals surface area contributed by atoms with Gasteiger partial charge in [-0.15, -0.1) is 0 Å². The van der Waals surface area contributed by atoms with Gasteiger partial charge in [-0.2, -0.15) is 0 Å². The van der Waals surface area contributed by atoms with Crippen molar-refractivity contribution in [1.82, 2.24) is 4.90 Å². The molecule has 3 rings (SSSR count). The maximum atomic E-state index is 12.5. The predicted molar refractivity (Wildman–Crippen MR) is 77.6 cm³/mol. The molecule has 102 valence electrons. The molecule has 5 heteroatoms. The summed E-state index contributed by atoms with van der Waals surface area (Å²) >= 11 is 12.1. The molecule has 2 atom stereocenters. The Morgan fingerprint density at radius 1 is 1.21 bits per heavy atom. The van der Waals surface area contributed by atoms with Crippen molar-refractivity contribution in [2.24, 2.45) is 11.8 Å². The number of nitrogen functional groups attached to an aromatic ring is 1. The largest absolute Gasteiger partial charge is 0.399 e. The summed E-state index contributed by atoms with van der Waals surface area (Å²) in [5.41, 5.74) is 6.64. The van der Waals surface area contributed by atoms with E-state index < -0.39 is 0 Å². The molecule has 0 aromatic heterocycles. The number of hydrogen-bond acceptors (Lipinski definition) is 2. The zero-order valence-electron chi connectivity index (χ0n) is 10.5. The van der Waals surface area contributed by atoms with E-state index in [4.69, 9.17) is 28.9 Å². The van der Waals surface area contributed by atoms with Crippen molar-refractivity contribution >= 4 is 34.8 Å². The molecule has 1 aliphatic heterocycles. The van der Waals surface area contributed by atoms with Gasteiger partial charge in [0, 0.05) is 18.8 Å². The van der Waals surface area contributed by atoms with Crippen molar-refractivity contribution in [2.75, 3.05) is 18.8 Å². The number of hydrogen-bond donors (Lipinski definition) is 1. The molecular formula is C14H16Cl2N2O. The van der Waals surface area contributed by atoms with Crippen LogP contribution < -0.4 is 5.73 Å². The number of nitrogens with two attached hydrogens (primary N) is 1. The van der Waals surface area contributed by atoms with Crippen LogP contribution in [0.2, 0.25) is 10.0 Å². The molecule has 0 spiro atoms. The Morgan fingerprint density at radius 2 is 1.84 bits per heavy atom. The lowest BCUT2D eigenvalue weighted by atomic mass is 10.0. The summed E-state index contributed by atoms with van der Waals surface area (Å²) in [7, 11) is 0. The lowest BCUT2D eigenvalue weighted by molar-refractivity contribution is 0.0781. The quantitative estimate of drug-likeness (QED) is 0.807. The van der Waals surface area contributed by atoms with Gasteiger partial charge >= 0.3 is 0 Å². The molecule has 2 aliphatic rings. The molecular weight excluding hydrogens is 283 g/mol. The second-order valence-corrected chi connectivity index (χ2v) is 6.31. The van der Waals surface area contributed by atoms with Gasteiger partial charge in [0.2, 0.25) is 0 Å². The van der Waals surface area contributed by atoms with E-state index in [1.165, 1.54) is 19.3 Å². The number of fused-ring (bicyclic) bond motifs is 1. The van der Waals surface area contributed by atoms with Gasteiger partial charge < -0.3 is 10.6 Å². The first kappa shape index (κ1) is 13.1. The van der Waals surface area contributed by atoms with E-state index in [9.17, 15) is 4.79 Å². The summed E-state index contributed by atoms with van der Waals surface area (Å²) in [5.74, 6) is 1.28. The molecule has 1 heterocycles. The van der Waals surface area contributed by atoms with Gasteiger partial charge in [0.25, 0.3) is 5.91 Å². The summed E-state index contributed by atoms with van der Waals surface area (Å²) < 4.78 is 0. The lowest BCUT2D eigenvalue weighted by Crippen LogP contribution is -2.29. The van der Waals surface area contributed by atoms with Crippen molar-refractivity contribution in [1.29, 1.82) is 0 Å². The smallest absolute Gasteiger partial charge is 0.255 e. The minimum atomic E-state index is -0.0476. The molecule has 2 N–H and O–H groups in total. The third kappa shape index (κ3) is 2.30. The number of anilines is 1. The normalized spacial score (nSPS) is 25.7. The fourth-order valence-electron chi connectivity index (χ4n) is 3.34. The van der Waals surface area contributed by atoms with Gasteiger partial charge in [0.05, 0.1) is 15.6 Å². The highest BCUT2D eigenvalue weighted by Gasteiger charge is 2.38. The van der Waals surface area contributed by atoms with Crippen molar-refractivity contribution < 1.29 is 4.79 Å². The van der Waals surface area contributed by atoms with E-state index in [1.807, 2.05) is 4.90 Å². The molecule has 1 aromatic carbocycles. The second-order valence-electron chi connectivity index (χ2n) is 5.53. The van der Waals surface area contributed by atoms with Crippen LogP contribution in [0.3, 0.4) is 0 Å². The first-order chi connectivity index (χ1) is 9.06. The molecule has 3 nitrogen and oxygen atoms in total. The fraction of sp³-hybridized carbons (Fsp3) is 0.500. The number of nitrogens with zero attached hydrogens (tertiary/aromatic N) is 1. The zero-order valence-corrected chi connectivity index (χ0v) is 12.0. The summed E-state index contributed by atoms with van der Waals surface area (Å²) in [5, 5.41) is 0.641. The summed E-state index contributed by atoms with van der Waals surface area (Å²) in [6, 6.07) is 3.18. The number of amides is 1.